The minimum atomic E-state index is -0.915. The minimum Gasteiger partial charge on any atom is -0.497 e. The summed E-state index contributed by atoms with van der Waals surface area (Å²) in [6.45, 7) is 2.73. The van der Waals surface area contributed by atoms with E-state index in [1.54, 1.807) is 19.5 Å². The van der Waals surface area contributed by atoms with Crippen molar-refractivity contribution in [3.63, 3.8) is 0 Å². The summed E-state index contributed by atoms with van der Waals surface area (Å²) in [5.74, 6) is 0.777. The normalized spacial score (nSPS) is 16.1. The maximum absolute atomic E-state index is 11.6. The Morgan fingerprint density at radius 3 is 2.48 bits per heavy atom. The molecule has 138 valence electrons. The van der Waals surface area contributed by atoms with Crippen LogP contribution in [0.4, 0.5) is 4.79 Å². The molecular formula is C20H20N4O3. The summed E-state index contributed by atoms with van der Waals surface area (Å²) in [6, 6.07) is 11.4. The van der Waals surface area contributed by atoms with Crippen LogP contribution in [0.3, 0.4) is 0 Å². The molecule has 1 atom stereocenters. The number of carbonyl (C=O) groups is 1. The van der Waals surface area contributed by atoms with Crippen LogP contribution in [0.2, 0.25) is 0 Å². The molecule has 3 aromatic rings. The number of pyridine rings is 1. The molecule has 1 unspecified atom stereocenters. The second-order valence-electron chi connectivity index (χ2n) is 6.58. The van der Waals surface area contributed by atoms with Gasteiger partial charge >= 0.3 is 6.09 Å². The van der Waals surface area contributed by atoms with Gasteiger partial charge in [-0.1, -0.05) is 0 Å². The summed E-state index contributed by atoms with van der Waals surface area (Å²) >= 11 is 0. The zero-order valence-corrected chi connectivity index (χ0v) is 15.2. The van der Waals surface area contributed by atoms with E-state index in [2.05, 4.69) is 4.98 Å². The molecule has 27 heavy (non-hydrogen) atoms. The maximum Gasteiger partial charge on any atom is 0.407 e. The lowest BCUT2D eigenvalue weighted by atomic mass is 9.98. The summed E-state index contributed by atoms with van der Waals surface area (Å²) in [6.07, 6.45) is 2.55. The summed E-state index contributed by atoms with van der Waals surface area (Å²) < 4.78 is 7.18. The largest absolute Gasteiger partial charge is 0.497 e. The monoisotopic (exact) mass is 364 g/mol. The lowest BCUT2D eigenvalue weighted by Crippen LogP contribution is -2.44. The van der Waals surface area contributed by atoms with Crippen molar-refractivity contribution in [3.8, 4) is 28.1 Å². The van der Waals surface area contributed by atoms with Gasteiger partial charge in [0.2, 0.25) is 0 Å². The molecule has 1 N–H and O–H groups in total. The molecule has 0 saturated heterocycles. The number of amides is 1. The van der Waals surface area contributed by atoms with E-state index in [4.69, 9.17) is 9.84 Å². The number of carboxylic acid groups (broad SMARTS) is 1. The Balaban J connectivity index is 1.89. The summed E-state index contributed by atoms with van der Waals surface area (Å²) in [5, 5.41) is 14.4. The van der Waals surface area contributed by atoms with Gasteiger partial charge in [-0.15, -0.1) is 0 Å². The van der Waals surface area contributed by atoms with Gasteiger partial charge in [-0.25, -0.2) is 4.79 Å². The van der Waals surface area contributed by atoms with Crippen LogP contribution in [-0.4, -0.2) is 44.0 Å². The number of methoxy groups -OCH3 is 1. The SMILES string of the molecule is COc1ccc(-c2nn3c(c2-c2ccncc2)CN(C(=O)O)C(C)C3)cc1. The van der Waals surface area contributed by atoms with Gasteiger partial charge in [0, 0.05) is 23.5 Å². The lowest BCUT2D eigenvalue weighted by Gasteiger charge is -2.32. The van der Waals surface area contributed by atoms with E-state index >= 15 is 0 Å². The molecule has 3 heterocycles. The highest BCUT2D eigenvalue weighted by Gasteiger charge is 2.31. The minimum absolute atomic E-state index is 0.135. The van der Waals surface area contributed by atoms with E-state index < -0.39 is 6.09 Å². The average Bonchev–Trinajstić information content (AvgIpc) is 3.06. The van der Waals surface area contributed by atoms with Crippen molar-refractivity contribution >= 4 is 6.09 Å². The van der Waals surface area contributed by atoms with E-state index in [1.165, 1.54) is 4.90 Å². The molecule has 1 aliphatic rings. The van der Waals surface area contributed by atoms with Crippen molar-refractivity contribution in [1.82, 2.24) is 19.7 Å². The number of aromatic nitrogens is 3. The van der Waals surface area contributed by atoms with Crippen LogP contribution in [0, 0.1) is 0 Å². The molecule has 2 aromatic heterocycles. The molecule has 0 bridgehead atoms. The van der Waals surface area contributed by atoms with E-state index in [0.717, 1.165) is 33.8 Å². The summed E-state index contributed by atoms with van der Waals surface area (Å²) in [5.41, 5.74) is 4.60. The van der Waals surface area contributed by atoms with E-state index in [-0.39, 0.29) is 6.04 Å². The average molecular weight is 364 g/mol. The number of ether oxygens (including phenoxy) is 1. The highest BCUT2D eigenvalue weighted by atomic mass is 16.5. The third kappa shape index (κ3) is 3.01. The summed E-state index contributed by atoms with van der Waals surface area (Å²) in [4.78, 5) is 17.2. The topological polar surface area (TPSA) is 80.5 Å². The second kappa shape index (κ2) is 6.75. The molecule has 1 aromatic carbocycles. The molecule has 0 radical (unpaired) electrons. The number of hydrogen-bond donors (Lipinski definition) is 1. The van der Waals surface area contributed by atoms with Crippen LogP contribution in [0.25, 0.3) is 22.4 Å². The van der Waals surface area contributed by atoms with E-state index in [0.29, 0.717) is 13.1 Å². The fourth-order valence-corrected chi connectivity index (χ4v) is 3.50. The van der Waals surface area contributed by atoms with Crippen molar-refractivity contribution in [3.05, 3.63) is 54.5 Å². The van der Waals surface area contributed by atoms with Crippen molar-refractivity contribution < 1.29 is 14.6 Å². The summed E-state index contributed by atoms with van der Waals surface area (Å²) in [7, 11) is 1.63. The van der Waals surface area contributed by atoms with Gasteiger partial charge in [0.05, 0.1) is 31.9 Å². The first-order valence-electron chi connectivity index (χ1n) is 8.72. The zero-order valence-electron chi connectivity index (χ0n) is 15.2. The Morgan fingerprint density at radius 2 is 1.85 bits per heavy atom. The standard InChI is InChI=1S/C20H20N4O3/c1-13-11-24-17(12-23(13)20(25)26)18(14-7-9-21-10-8-14)19(22-24)15-3-5-16(27-2)6-4-15/h3-10,13H,11-12H2,1-2H3,(H,25,26). The Labute approximate surface area is 156 Å². The van der Waals surface area contributed by atoms with Crippen LogP contribution in [-0.2, 0) is 13.1 Å². The molecule has 0 spiro atoms. The van der Waals surface area contributed by atoms with Crippen molar-refractivity contribution in [1.29, 1.82) is 0 Å². The number of rotatable bonds is 3. The second-order valence-corrected chi connectivity index (χ2v) is 6.58. The van der Waals surface area contributed by atoms with Gasteiger partial charge in [0.15, 0.2) is 0 Å². The van der Waals surface area contributed by atoms with Gasteiger partial charge in [0.1, 0.15) is 11.4 Å². The fourth-order valence-electron chi connectivity index (χ4n) is 3.50. The van der Waals surface area contributed by atoms with Crippen molar-refractivity contribution in [2.24, 2.45) is 0 Å². The van der Waals surface area contributed by atoms with Crippen molar-refractivity contribution in [2.75, 3.05) is 7.11 Å². The molecule has 7 heteroatoms. The first kappa shape index (κ1) is 17.1. The molecule has 7 nitrogen and oxygen atoms in total. The van der Waals surface area contributed by atoms with Crippen LogP contribution in [0.1, 0.15) is 12.6 Å². The number of benzene rings is 1. The Morgan fingerprint density at radius 1 is 1.15 bits per heavy atom. The van der Waals surface area contributed by atoms with Gasteiger partial charge in [0.25, 0.3) is 0 Å². The number of fused-ring (bicyclic) bond motifs is 1. The molecule has 1 aliphatic heterocycles. The Bertz CT molecular complexity index is 967. The first-order valence-corrected chi connectivity index (χ1v) is 8.72. The van der Waals surface area contributed by atoms with Crippen LogP contribution in [0.5, 0.6) is 5.75 Å². The van der Waals surface area contributed by atoms with Crippen molar-refractivity contribution in [2.45, 2.75) is 26.1 Å². The molecular weight excluding hydrogens is 344 g/mol. The third-order valence-corrected chi connectivity index (χ3v) is 4.93. The predicted molar refractivity (Wildman–Crippen MR) is 100 cm³/mol. The van der Waals surface area contributed by atoms with Gasteiger partial charge < -0.3 is 9.84 Å². The van der Waals surface area contributed by atoms with E-state index in [9.17, 15) is 9.90 Å². The molecule has 1 amide bonds. The van der Waals surface area contributed by atoms with Crippen LogP contribution >= 0.6 is 0 Å². The first-order chi connectivity index (χ1) is 13.1. The third-order valence-electron chi connectivity index (χ3n) is 4.93. The van der Waals surface area contributed by atoms with Gasteiger partial charge in [-0.3, -0.25) is 14.6 Å². The predicted octanol–water partition coefficient (Wildman–Crippen LogP) is 3.50. The van der Waals surface area contributed by atoms with Gasteiger partial charge in [-0.2, -0.15) is 5.10 Å². The van der Waals surface area contributed by atoms with E-state index in [1.807, 2.05) is 48.0 Å². The lowest BCUT2D eigenvalue weighted by molar-refractivity contribution is 0.105. The fraction of sp³-hybridized carbons (Fsp3) is 0.250. The molecule has 4 rings (SSSR count). The number of hydrogen-bond acceptors (Lipinski definition) is 4. The molecule has 0 fully saturated rings. The van der Waals surface area contributed by atoms with Crippen LogP contribution < -0.4 is 4.74 Å². The number of nitrogens with zero attached hydrogens (tertiary/aromatic N) is 4. The Hall–Kier alpha value is -3.35. The zero-order chi connectivity index (χ0) is 19.0. The molecule has 0 aliphatic carbocycles. The molecule has 0 saturated carbocycles. The van der Waals surface area contributed by atoms with Gasteiger partial charge in [-0.05, 0) is 48.9 Å². The highest BCUT2D eigenvalue weighted by molar-refractivity contribution is 5.83. The highest BCUT2D eigenvalue weighted by Crippen LogP contribution is 2.37. The maximum atomic E-state index is 11.6. The quantitative estimate of drug-likeness (QED) is 0.769. The smallest absolute Gasteiger partial charge is 0.407 e. The Kier molecular flexibility index (Phi) is 4.27. The van der Waals surface area contributed by atoms with Crippen LogP contribution in [0.15, 0.2) is 48.8 Å².